The predicted molar refractivity (Wildman–Crippen MR) is 135 cm³/mol. The van der Waals surface area contributed by atoms with Crippen molar-refractivity contribution in [2.24, 2.45) is 0 Å². The van der Waals surface area contributed by atoms with Crippen LogP contribution >= 0.6 is 12.2 Å². The van der Waals surface area contributed by atoms with Crippen molar-refractivity contribution in [3.8, 4) is 11.8 Å². The minimum Gasteiger partial charge on any atom is -0.492 e. The predicted octanol–water partition coefficient (Wildman–Crippen LogP) is 5.04. The van der Waals surface area contributed by atoms with E-state index in [1.807, 2.05) is 0 Å². The fourth-order valence-electron chi connectivity index (χ4n) is 5.30. The highest BCUT2D eigenvalue weighted by atomic mass is 32.1. The molecule has 1 amide bonds. The maximum absolute atomic E-state index is 15.4. The van der Waals surface area contributed by atoms with Crippen LogP contribution in [0.15, 0.2) is 30.5 Å². The van der Waals surface area contributed by atoms with Crippen LogP contribution in [-0.4, -0.2) is 52.7 Å². The summed E-state index contributed by atoms with van der Waals surface area (Å²) in [5.41, 5.74) is -3.45. The number of ether oxygens (including phenoxy) is 1. The van der Waals surface area contributed by atoms with Crippen molar-refractivity contribution < 1.29 is 27.1 Å². The van der Waals surface area contributed by atoms with Crippen molar-refractivity contribution in [3.63, 3.8) is 0 Å². The lowest BCUT2D eigenvalue weighted by Gasteiger charge is -2.43. The molecular weight excluding hydrogens is 522 g/mol. The van der Waals surface area contributed by atoms with Crippen molar-refractivity contribution >= 4 is 34.6 Å². The normalized spacial score (nSPS) is 19.6. The summed E-state index contributed by atoms with van der Waals surface area (Å²) in [4.78, 5) is 21.8. The number of halogens is 4. The van der Waals surface area contributed by atoms with Gasteiger partial charge >= 0.3 is 6.18 Å². The van der Waals surface area contributed by atoms with E-state index < -0.39 is 34.7 Å². The van der Waals surface area contributed by atoms with Gasteiger partial charge in [0.2, 0.25) is 0 Å². The number of likely N-dealkylation sites (tertiary alicyclic amines) is 1. The van der Waals surface area contributed by atoms with Gasteiger partial charge in [0, 0.05) is 12.6 Å². The molecule has 1 aromatic carbocycles. The second-order valence-electron chi connectivity index (χ2n) is 9.71. The zero-order valence-corrected chi connectivity index (χ0v) is 21.2. The summed E-state index contributed by atoms with van der Waals surface area (Å²) in [5, 5.41) is 8.91. The Balaban J connectivity index is 1.40. The maximum atomic E-state index is 15.4. The molecule has 0 unspecified atom stereocenters. The molecule has 1 aromatic heterocycles. The smallest absolute Gasteiger partial charge is 0.419 e. The average molecular weight is 548 g/mol. The lowest BCUT2D eigenvalue weighted by atomic mass is 9.75. The van der Waals surface area contributed by atoms with Crippen LogP contribution in [-0.2, 0) is 11.0 Å². The number of hydrogen-bond acceptors (Lipinski definition) is 6. The number of aromatic nitrogens is 1. The number of piperidine rings is 1. The number of rotatable bonds is 6. The third-order valence-electron chi connectivity index (χ3n) is 7.42. The highest BCUT2D eigenvalue weighted by molar-refractivity contribution is 7.81. The highest BCUT2D eigenvalue weighted by Crippen LogP contribution is 2.49. The van der Waals surface area contributed by atoms with Gasteiger partial charge in [0.1, 0.15) is 24.0 Å². The Labute approximate surface area is 222 Å². The molecule has 3 heterocycles. The molecule has 0 radical (unpaired) electrons. The van der Waals surface area contributed by atoms with Crippen LogP contribution in [0.1, 0.15) is 49.8 Å². The van der Waals surface area contributed by atoms with E-state index in [1.165, 1.54) is 29.5 Å². The van der Waals surface area contributed by atoms with Crippen LogP contribution < -0.4 is 14.5 Å². The molecular formula is C26H25F4N5O2S. The number of nitriles is 1. The van der Waals surface area contributed by atoms with Gasteiger partial charge < -0.3 is 9.64 Å². The van der Waals surface area contributed by atoms with E-state index in [1.54, 1.807) is 6.07 Å². The summed E-state index contributed by atoms with van der Waals surface area (Å²) < 4.78 is 61.8. The van der Waals surface area contributed by atoms with Gasteiger partial charge in [0.05, 0.1) is 23.1 Å². The van der Waals surface area contributed by atoms with Gasteiger partial charge in [-0.15, -0.1) is 0 Å². The number of nitrogens with zero attached hydrogens (tertiary/aromatic N) is 5. The number of alkyl halides is 3. The molecule has 0 N–H and O–H groups in total. The van der Waals surface area contributed by atoms with Crippen molar-refractivity contribution in [1.82, 2.24) is 9.88 Å². The first-order valence-corrected chi connectivity index (χ1v) is 12.9. The molecule has 3 fully saturated rings. The zero-order chi connectivity index (χ0) is 27.1. The molecule has 5 rings (SSSR count). The third kappa shape index (κ3) is 4.58. The van der Waals surface area contributed by atoms with Gasteiger partial charge in [0.15, 0.2) is 16.6 Å². The van der Waals surface area contributed by atoms with E-state index in [0.29, 0.717) is 37.7 Å². The van der Waals surface area contributed by atoms with Crippen molar-refractivity contribution in [3.05, 3.63) is 47.5 Å². The largest absolute Gasteiger partial charge is 0.492 e. The molecule has 2 aliphatic heterocycles. The Bertz CT molecular complexity index is 1300. The monoisotopic (exact) mass is 547 g/mol. The Morgan fingerprint density at radius 3 is 2.47 bits per heavy atom. The SMILES string of the molecule is N#Cc1ncc(N2C(=O)C3(CCC3)N(c3ccc(OCCN4CCCCC4)cc3F)C2=S)cc1C(F)(F)F. The van der Waals surface area contributed by atoms with Gasteiger partial charge in [0.25, 0.3) is 5.91 Å². The fraction of sp³-hybridized carbons (Fsp3) is 0.462. The number of carbonyl (C=O) groups is 1. The van der Waals surface area contributed by atoms with Crippen LogP contribution in [0.4, 0.5) is 28.9 Å². The molecule has 0 atom stereocenters. The van der Waals surface area contributed by atoms with Crippen LogP contribution in [0.3, 0.4) is 0 Å². The zero-order valence-electron chi connectivity index (χ0n) is 20.4. The Morgan fingerprint density at radius 1 is 1.13 bits per heavy atom. The summed E-state index contributed by atoms with van der Waals surface area (Å²) in [6, 6.07) is 6.41. The standard InChI is InChI=1S/C26H25F4N5O2S/c27-20-14-18(37-12-11-33-9-2-1-3-10-33)5-6-22(20)35-24(38)34(23(36)25(35)7-4-8-25)17-13-19(26(28,29)30)21(15-31)32-16-17/h5-6,13-14,16H,1-4,7-12H2. The quantitative estimate of drug-likeness (QED) is 0.371. The van der Waals surface area contributed by atoms with Gasteiger partial charge in [-0.2, -0.15) is 18.4 Å². The van der Waals surface area contributed by atoms with E-state index in [2.05, 4.69) is 9.88 Å². The summed E-state index contributed by atoms with van der Waals surface area (Å²) >= 11 is 5.54. The van der Waals surface area contributed by atoms with E-state index in [-0.39, 0.29) is 16.5 Å². The number of anilines is 2. The first kappa shape index (κ1) is 26.3. The van der Waals surface area contributed by atoms with Gasteiger partial charge in [-0.1, -0.05) is 6.42 Å². The lowest BCUT2D eigenvalue weighted by Crippen LogP contribution is -2.55. The number of pyridine rings is 1. The summed E-state index contributed by atoms with van der Waals surface area (Å²) in [6.45, 7) is 3.19. The number of hydrogen-bond donors (Lipinski definition) is 0. The third-order valence-corrected chi connectivity index (χ3v) is 7.79. The molecule has 1 aliphatic carbocycles. The molecule has 2 aromatic rings. The number of carbonyl (C=O) groups excluding carboxylic acids is 1. The van der Waals surface area contributed by atoms with Crippen LogP contribution in [0.5, 0.6) is 5.75 Å². The van der Waals surface area contributed by atoms with E-state index in [9.17, 15) is 18.0 Å². The van der Waals surface area contributed by atoms with E-state index >= 15 is 4.39 Å². The molecule has 1 saturated carbocycles. The molecule has 200 valence electrons. The second kappa shape index (κ2) is 10.1. The second-order valence-corrected chi connectivity index (χ2v) is 10.1. The minimum absolute atomic E-state index is 0.0478. The first-order chi connectivity index (χ1) is 18.2. The van der Waals surface area contributed by atoms with Crippen LogP contribution in [0.25, 0.3) is 0 Å². The molecule has 0 bridgehead atoms. The number of benzene rings is 1. The molecule has 2 saturated heterocycles. The van der Waals surface area contributed by atoms with Crippen molar-refractivity contribution in [2.45, 2.75) is 50.2 Å². The molecule has 38 heavy (non-hydrogen) atoms. The lowest BCUT2D eigenvalue weighted by molar-refractivity contribution is -0.138. The Morgan fingerprint density at radius 2 is 1.87 bits per heavy atom. The van der Waals surface area contributed by atoms with Gasteiger partial charge in [-0.05, 0) is 75.6 Å². The van der Waals surface area contributed by atoms with E-state index in [4.69, 9.17) is 22.2 Å². The van der Waals surface area contributed by atoms with Crippen molar-refractivity contribution in [1.29, 1.82) is 5.26 Å². The fourth-order valence-corrected chi connectivity index (χ4v) is 5.76. The number of thiocarbonyl (C=S) groups is 1. The molecule has 3 aliphatic rings. The highest BCUT2D eigenvalue weighted by Gasteiger charge is 2.60. The maximum Gasteiger partial charge on any atom is 0.419 e. The first-order valence-electron chi connectivity index (χ1n) is 12.5. The molecule has 1 spiro atoms. The van der Waals surface area contributed by atoms with Gasteiger partial charge in [-0.25, -0.2) is 9.37 Å². The number of amides is 1. The van der Waals surface area contributed by atoms with Gasteiger partial charge in [-0.3, -0.25) is 14.6 Å². The minimum atomic E-state index is -4.86. The Hall–Kier alpha value is -3.30. The average Bonchev–Trinajstić information content (AvgIpc) is 3.10. The van der Waals surface area contributed by atoms with Crippen LogP contribution in [0.2, 0.25) is 0 Å². The summed E-state index contributed by atoms with van der Waals surface area (Å²) in [6.07, 6.45) is 1.11. The molecule has 12 heteroatoms. The Kier molecular flexibility index (Phi) is 7.00. The topological polar surface area (TPSA) is 72.7 Å². The molecule has 7 nitrogen and oxygen atoms in total. The van der Waals surface area contributed by atoms with Crippen molar-refractivity contribution in [2.75, 3.05) is 36.0 Å². The van der Waals surface area contributed by atoms with E-state index in [0.717, 1.165) is 43.6 Å². The summed E-state index contributed by atoms with van der Waals surface area (Å²) in [5.74, 6) is -0.863. The summed E-state index contributed by atoms with van der Waals surface area (Å²) in [7, 11) is 0. The van der Waals surface area contributed by atoms with Crippen LogP contribution in [0, 0.1) is 17.1 Å².